The van der Waals surface area contributed by atoms with Crippen LogP contribution in [0.15, 0.2) is 30.3 Å². The maximum atomic E-state index is 9.19. The lowest BCUT2D eigenvalue weighted by atomic mass is 9.66. The van der Waals surface area contributed by atoms with E-state index >= 15 is 0 Å². The second-order valence-electron chi connectivity index (χ2n) is 5.01. The molecular formula is C17H22N2. The van der Waals surface area contributed by atoms with Crippen molar-refractivity contribution in [1.29, 1.82) is 5.26 Å². The molecule has 1 aliphatic carbocycles. The fourth-order valence-corrected chi connectivity index (χ4v) is 3.18. The number of nitrogens with one attached hydrogen (secondary N) is 1. The Bertz CT molecular complexity index is 502. The number of nitriles is 1. The van der Waals surface area contributed by atoms with Gasteiger partial charge in [0.2, 0.25) is 0 Å². The number of hydrogen-bond acceptors (Lipinski definition) is 2. The molecule has 2 heteroatoms. The SMILES string of the molecule is CC.N#CC1=CCC2(CCNCC2)c2ccccc21. The van der Waals surface area contributed by atoms with E-state index in [1.165, 1.54) is 18.4 Å². The molecule has 1 N–H and O–H groups in total. The average molecular weight is 254 g/mol. The van der Waals surface area contributed by atoms with E-state index in [1.54, 1.807) is 0 Å². The van der Waals surface area contributed by atoms with Crippen molar-refractivity contribution in [2.45, 2.75) is 38.5 Å². The van der Waals surface area contributed by atoms with Crippen LogP contribution >= 0.6 is 0 Å². The minimum atomic E-state index is 0.280. The third-order valence-electron chi connectivity index (χ3n) is 4.17. The van der Waals surface area contributed by atoms with E-state index in [-0.39, 0.29) is 5.41 Å². The van der Waals surface area contributed by atoms with Crippen LogP contribution in [0.2, 0.25) is 0 Å². The first-order valence-corrected chi connectivity index (χ1v) is 7.27. The van der Waals surface area contributed by atoms with Crippen molar-refractivity contribution in [3.63, 3.8) is 0 Å². The Labute approximate surface area is 116 Å². The molecule has 1 aromatic rings. The summed E-state index contributed by atoms with van der Waals surface area (Å²) in [6, 6.07) is 10.8. The van der Waals surface area contributed by atoms with Gasteiger partial charge in [0.1, 0.15) is 0 Å². The van der Waals surface area contributed by atoms with Crippen LogP contribution in [0.25, 0.3) is 5.57 Å². The second-order valence-corrected chi connectivity index (χ2v) is 5.01. The first kappa shape index (κ1) is 13.8. The highest BCUT2D eigenvalue weighted by Crippen LogP contribution is 2.44. The Balaban J connectivity index is 0.000000637. The fourth-order valence-electron chi connectivity index (χ4n) is 3.18. The van der Waals surface area contributed by atoms with Gasteiger partial charge in [-0.2, -0.15) is 5.26 Å². The second kappa shape index (κ2) is 6.04. The quantitative estimate of drug-likeness (QED) is 0.767. The van der Waals surface area contributed by atoms with E-state index in [2.05, 4.69) is 35.7 Å². The summed E-state index contributed by atoms with van der Waals surface area (Å²) in [7, 11) is 0. The summed E-state index contributed by atoms with van der Waals surface area (Å²) < 4.78 is 0. The van der Waals surface area contributed by atoms with Crippen molar-refractivity contribution in [3.05, 3.63) is 41.5 Å². The predicted molar refractivity (Wildman–Crippen MR) is 79.8 cm³/mol. The number of piperidine rings is 1. The minimum Gasteiger partial charge on any atom is -0.317 e. The normalized spacial score (nSPS) is 19.5. The van der Waals surface area contributed by atoms with Gasteiger partial charge in [-0.3, -0.25) is 0 Å². The lowest BCUT2D eigenvalue weighted by Crippen LogP contribution is -2.41. The Kier molecular flexibility index (Phi) is 4.39. The molecule has 3 rings (SSSR count). The first-order valence-electron chi connectivity index (χ1n) is 7.27. The highest BCUT2D eigenvalue weighted by Gasteiger charge is 2.37. The molecule has 1 saturated heterocycles. The number of hydrogen-bond donors (Lipinski definition) is 1. The Morgan fingerprint density at radius 1 is 1.16 bits per heavy atom. The fraction of sp³-hybridized carbons (Fsp3) is 0.471. The molecule has 0 saturated carbocycles. The number of allylic oxidation sites excluding steroid dienone is 2. The largest absolute Gasteiger partial charge is 0.317 e. The van der Waals surface area contributed by atoms with Crippen LogP contribution in [0.1, 0.15) is 44.2 Å². The summed E-state index contributed by atoms with van der Waals surface area (Å²) in [4.78, 5) is 0. The molecule has 0 amide bonds. The smallest absolute Gasteiger partial charge is 0.0994 e. The molecule has 1 aliphatic heterocycles. The zero-order valence-electron chi connectivity index (χ0n) is 11.9. The van der Waals surface area contributed by atoms with Crippen LogP contribution in [-0.2, 0) is 5.41 Å². The zero-order valence-corrected chi connectivity index (χ0v) is 11.9. The highest BCUT2D eigenvalue weighted by atomic mass is 14.9. The van der Waals surface area contributed by atoms with Gasteiger partial charge in [-0.25, -0.2) is 0 Å². The van der Waals surface area contributed by atoms with E-state index in [0.717, 1.165) is 30.6 Å². The first-order chi connectivity index (χ1) is 9.36. The minimum absolute atomic E-state index is 0.280. The molecule has 0 unspecified atom stereocenters. The van der Waals surface area contributed by atoms with Gasteiger partial charge < -0.3 is 5.32 Å². The van der Waals surface area contributed by atoms with Crippen LogP contribution in [0.5, 0.6) is 0 Å². The van der Waals surface area contributed by atoms with Gasteiger partial charge in [-0.1, -0.05) is 44.2 Å². The van der Waals surface area contributed by atoms with Crippen LogP contribution in [0.3, 0.4) is 0 Å². The molecule has 0 aromatic heterocycles. The predicted octanol–water partition coefficient (Wildman–Crippen LogP) is 3.64. The lowest BCUT2D eigenvalue weighted by Gasteiger charge is -2.41. The third-order valence-corrected chi connectivity index (χ3v) is 4.17. The summed E-state index contributed by atoms with van der Waals surface area (Å²) in [6.45, 7) is 6.17. The number of rotatable bonds is 0. The molecule has 1 heterocycles. The van der Waals surface area contributed by atoms with Gasteiger partial charge in [0.05, 0.1) is 11.6 Å². The maximum Gasteiger partial charge on any atom is 0.0994 e. The summed E-state index contributed by atoms with van der Waals surface area (Å²) in [6.07, 6.45) is 5.51. The van der Waals surface area contributed by atoms with Gasteiger partial charge in [-0.15, -0.1) is 0 Å². The van der Waals surface area contributed by atoms with Crippen molar-refractivity contribution in [2.24, 2.45) is 0 Å². The zero-order chi connectivity index (χ0) is 13.7. The van der Waals surface area contributed by atoms with Crippen LogP contribution in [0.4, 0.5) is 0 Å². The molecule has 1 fully saturated rings. The maximum absolute atomic E-state index is 9.19. The Morgan fingerprint density at radius 2 is 1.84 bits per heavy atom. The molecular weight excluding hydrogens is 232 g/mol. The Hall–Kier alpha value is -1.59. The topological polar surface area (TPSA) is 35.8 Å². The third kappa shape index (κ3) is 2.43. The van der Waals surface area contributed by atoms with E-state index in [0.29, 0.717) is 0 Å². The van der Waals surface area contributed by atoms with Gasteiger partial charge in [0.25, 0.3) is 0 Å². The van der Waals surface area contributed by atoms with Crippen LogP contribution < -0.4 is 5.32 Å². The van der Waals surface area contributed by atoms with Crippen molar-refractivity contribution < 1.29 is 0 Å². The molecule has 0 atom stereocenters. The molecule has 1 spiro atoms. The summed E-state index contributed by atoms with van der Waals surface area (Å²) >= 11 is 0. The lowest BCUT2D eigenvalue weighted by molar-refractivity contribution is 0.307. The van der Waals surface area contributed by atoms with Crippen molar-refractivity contribution in [2.75, 3.05) is 13.1 Å². The van der Waals surface area contributed by atoms with Gasteiger partial charge in [0, 0.05) is 5.41 Å². The average Bonchev–Trinajstić information content (AvgIpc) is 2.51. The molecule has 100 valence electrons. The summed E-state index contributed by atoms with van der Waals surface area (Å²) in [5.41, 5.74) is 3.68. The number of fused-ring (bicyclic) bond motifs is 2. The molecule has 19 heavy (non-hydrogen) atoms. The van der Waals surface area contributed by atoms with Crippen LogP contribution in [0, 0.1) is 11.3 Å². The molecule has 1 aromatic carbocycles. The molecule has 2 nitrogen and oxygen atoms in total. The highest BCUT2D eigenvalue weighted by molar-refractivity contribution is 5.81. The van der Waals surface area contributed by atoms with Crippen molar-refractivity contribution in [1.82, 2.24) is 5.32 Å². The summed E-state index contributed by atoms with van der Waals surface area (Å²) in [5, 5.41) is 12.6. The Morgan fingerprint density at radius 3 is 2.53 bits per heavy atom. The molecule has 2 aliphatic rings. The van der Waals surface area contributed by atoms with E-state index in [9.17, 15) is 5.26 Å². The van der Waals surface area contributed by atoms with Crippen molar-refractivity contribution in [3.8, 4) is 6.07 Å². The van der Waals surface area contributed by atoms with E-state index in [4.69, 9.17) is 0 Å². The molecule has 0 bridgehead atoms. The van der Waals surface area contributed by atoms with E-state index in [1.807, 2.05) is 19.9 Å². The van der Waals surface area contributed by atoms with E-state index < -0.39 is 0 Å². The number of benzene rings is 1. The van der Waals surface area contributed by atoms with Crippen molar-refractivity contribution >= 4 is 5.57 Å². The van der Waals surface area contributed by atoms with Gasteiger partial charge >= 0.3 is 0 Å². The standard InChI is InChI=1S/C15H16N2.C2H6/c16-11-12-5-6-15(7-9-17-10-8-15)14-4-2-1-3-13(12)14;1-2/h1-5,17H,6-10H2;1-2H3. The van der Waals surface area contributed by atoms with Crippen LogP contribution in [-0.4, -0.2) is 13.1 Å². The van der Waals surface area contributed by atoms with Gasteiger partial charge in [-0.05, 0) is 43.5 Å². The summed E-state index contributed by atoms with van der Waals surface area (Å²) in [5.74, 6) is 0. The monoisotopic (exact) mass is 254 g/mol. The molecule has 0 radical (unpaired) electrons. The number of nitrogens with zero attached hydrogens (tertiary/aromatic N) is 1. The van der Waals surface area contributed by atoms with Gasteiger partial charge in [0.15, 0.2) is 0 Å².